The number of H-pyrrole nitrogens is 1. The quantitative estimate of drug-likeness (QED) is 0.565. The van der Waals surface area contributed by atoms with E-state index in [1.165, 1.54) is 6.07 Å². The number of anilines is 1. The molecule has 0 aromatic carbocycles. The predicted octanol–water partition coefficient (Wildman–Crippen LogP) is 2.23. The van der Waals surface area contributed by atoms with Gasteiger partial charge in [0.1, 0.15) is 5.76 Å². The SMILES string of the molecule is Cc1cc(=O)[nH]c(N/N=C\c2cc(C)n(-c3cc(C)on3)c2C)n1. The van der Waals surface area contributed by atoms with Gasteiger partial charge in [-0.15, -0.1) is 0 Å². The van der Waals surface area contributed by atoms with E-state index in [1.54, 1.807) is 13.1 Å². The van der Waals surface area contributed by atoms with Crippen molar-refractivity contribution in [2.75, 3.05) is 5.43 Å². The summed E-state index contributed by atoms with van der Waals surface area (Å²) in [6.07, 6.45) is 1.67. The molecule has 24 heavy (non-hydrogen) atoms. The Morgan fingerprint density at radius 1 is 1.25 bits per heavy atom. The van der Waals surface area contributed by atoms with Crippen molar-refractivity contribution in [3.63, 3.8) is 0 Å². The predicted molar refractivity (Wildman–Crippen MR) is 90.9 cm³/mol. The van der Waals surface area contributed by atoms with Crippen LogP contribution < -0.4 is 11.0 Å². The second kappa shape index (κ2) is 6.15. The molecule has 2 N–H and O–H groups in total. The maximum absolute atomic E-state index is 11.4. The van der Waals surface area contributed by atoms with Crippen molar-refractivity contribution in [3.8, 4) is 5.82 Å². The number of aromatic amines is 1. The van der Waals surface area contributed by atoms with E-state index in [-0.39, 0.29) is 5.56 Å². The normalized spacial score (nSPS) is 11.3. The fraction of sp³-hybridized carbons (Fsp3) is 0.250. The number of hydrogen-bond acceptors (Lipinski definition) is 6. The van der Waals surface area contributed by atoms with Gasteiger partial charge in [0, 0.05) is 34.8 Å². The van der Waals surface area contributed by atoms with Crippen molar-refractivity contribution in [2.24, 2.45) is 5.10 Å². The van der Waals surface area contributed by atoms with Crippen LogP contribution in [-0.2, 0) is 0 Å². The minimum atomic E-state index is -0.222. The summed E-state index contributed by atoms with van der Waals surface area (Å²) < 4.78 is 7.13. The molecular formula is C16H18N6O2. The summed E-state index contributed by atoms with van der Waals surface area (Å²) in [5.41, 5.74) is 6.06. The Kier molecular flexibility index (Phi) is 4.03. The smallest absolute Gasteiger partial charge is 0.252 e. The number of hydrazone groups is 1. The van der Waals surface area contributed by atoms with Gasteiger partial charge in [-0.25, -0.2) is 10.4 Å². The van der Waals surface area contributed by atoms with Gasteiger partial charge in [0.2, 0.25) is 5.95 Å². The van der Waals surface area contributed by atoms with E-state index < -0.39 is 0 Å². The van der Waals surface area contributed by atoms with E-state index >= 15 is 0 Å². The lowest BCUT2D eigenvalue weighted by Gasteiger charge is -2.04. The Bertz CT molecular complexity index is 963. The lowest BCUT2D eigenvalue weighted by atomic mass is 10.3. The second-order valence-electron chi connectivity index (χ2n) is 5.56. The van der Waals surface area contributed by atoms with Gasteiger partial charge >= 0.3 is 0 Å². The van der Waals surface area contributed by atoms with E-state index in [4.69, 9.17) is 4.52 Å². The van der Waals surface area contributed by atoms with Gasteiger partial charge in [-0.2, -0.15) is 5.10 Å². The number of aryl methyl sites for hydroxylation is 3. The molecule has 0 bridgehead atoms. The third-order valence-electron chi connectivity index (χ3n) is 3.56. The van der Waals surface area contributed by atoms with Crippen LogP contribution >= 0.6 is 0 Å². The molecule has 0 radical (unpaired) electrons. The Morgan fingerprint density at radius 2 is 2.04 bits per heavy atom. The van der Waals surface area contributed by atoms with Gasteiger partial charge in [-0.3, -0.25) is 14.3 Å². The third kappa shape index (κ3) is 3.12. The molecule has 0 aliphatic heterocycles. The van der Waals surface area contributed by atoms with Crippen LogP contribution in [0.4, 0.5) is 5.95 Å². The molecule has 0 unspecified atom stereocenters. The Morgan fingerprint density at radius 3 is 2.71 bits per heavy atom. The Balaban J connectivity index is 1.84. The zero-order chi connectivity index (χ0) is 17.3. The van der Waals surface area contributed by atoms with E-state index in [0.29, 0.717) is 11.6 Å². The lowest BCUT2D eigenvalue weighted by Crippen LogP contribution is -2.10. The molecule has 0 spiro atoms. The molecule has 0 aliphatic carbocycles. The van der Waals surface area contributed by atoms with Crippen LogP contribution in [0.25, 0.3) is 5.82 Å². The summed E-state index contributed by atoms with van der Waals surface area (Å²) in [5, 5.41) is 8.19. The monoisotopic (exact) mass is 326 g/mol. The molecule has 0 saturated heterocycles. The molecule has 0 saturated carbocycles. The van der Waals surface area contributed by atoms with Crippen LogP contribution in [0.15, 0.2) is 32.6 Å². The summed E-state index contributed by atoms with van der Waals surface area (Å²) >= 11 is 0. The zero-order valence-electron chi connectivity index (χ0n) is 13.9. The first-order valence-corrected chi connectivity index (χ1v) is 7.43. The summed E-state index contributed by atoms with van der Waals surface area (Å²) in [4.78, 5) is 18.1. The van der Waals surface area contributed by atoms with E-state index in [2.05, 4.69) is 25.7 Å². The summed E-state index contributed by atoms with van der Waals surface area (Å²) in [6, 6.07) is 5.29. The molecule has 3 aromatic rings. The number of nitrogens with one attached hydrogen (secondary N) is 2. The Hall–Kier alpha value is -3.16. The highest BCUT2D eigenvalue weighted by atomic mass is 16.5. The molecule has 8 heteroatoms. The highest BCUT2D eigenvalue weighted by Crippen LogP contribution is 2.19. The minimum Gasteiger partial charge on any atom is -0.360 e. The fourth-order valence-electron chi connectivity index (χ4n) is 2.52. The minimum absolute atomic E-state index is 0.222. The molecule has 0 amide bonds. The maximum Gasteiger partial charge on any atom is 0.252 e. The Labute approximate surface area is 138 Å². The lowest BCUT2D eigenvalue weighted by molar-refractivity contribution is 0.394. The number of rotatable bonds is 4. The number of aromatic nitrogens is 4. The third-order valence-corrected chi connectivity index (χ3v) is 3.56. The highest BCUT2D eigenvalue weighted by Gasteiger charge is 2.12. The molecule has 3 heterocycles. The first-order valence-electron chi connectivity index (χ1n) is 7.43. The van der Waals surface area contributed by atoms with Crippen LogP contribution in [0.3, 0.4) is 0 Å². The molecule has 0 fully saturated rings. The van der Waals surface area contributed by atoms with Crippen LogP contribution in [0.5, 0.6) is 0 Å². The van der Waals surface area contributed by atoms with Gasteiger partial charge in [0.05, 0.1) is 6.21 Å². The van der Waals surface area contributed by atoms with Gasteiger partial charge in [-0.05, 0) is 33.8 Å². The van der Waals surface area contributed by atoms with Crippen LogP contribution in [-0.4, -0.2) is 25.9 Å². The summed E-state index contributed by atoms with van der Waals surface area (Å²) in [6.45, 7) is 7.57. The number of nitrogens with zero attached hydrogens (tertiary/aromatic N) is 4. The first kappa shape index (κ1) is 15.7. The van der Waals surface area contributed by atoms with Gasteiger partial charge in [-0.1, -0.05) is 5.16 Å². The maximum atomic E-state index is 11.4. The molecular weight excluding hydrogens is 308 g/mol. The van der Waals surface area contributed by atoms with E-state index in [1.807, 2.05) is 37.5 Å². The standard InChI is InChI=1S/C16H18N6O2/c1-9-5-15(23)19-16(18-9)20-17-8-13-6-10(2)22(12(13)4)14-7-11(3)24-21-14/h5-8H,1-4H3,(H2,18,19,20,23)/b17-8-. The topological polar surface area (TPSA) is 101 Å². The van der Waals surface area contributed by atoms with Crippen LogP contribution in [0.2, 0.25) is 0 Å². The van der Waals surface area contributed by atoms with Crippen molar-refractivity contribution >= 4 is 12.2 Å². The van der Waals surface area contributed by atoms with Crippen molar-refractivity contribution in [1.82, 2.24) is 19.7 Å². The van der Waals surface area contributed by atoms with Gasteiger partial charge in [0.15, 0.2) is 5.82 Å². The fourth-order valence-corrected chi connectivity index (χ4v) is 2.52. The van der Waals surface area contributed by atoms with Gasteiger partial charge in [0.25, 0.3) is 5.56 Å². The van der Waals surface area contributed by atoms with Crippen molar-refractivity contribution in [3.05, 3.63) is 57.0 Å². The van der Waals surface area contributed by atoms with E-state index in [9.17, 15) is 4.79 Å². The molecule has 3 rings (SSSR count). The summed E-state index contributed by atoms with van der Waals surface area (Å²) in [5.74, 6) is 1.79. The van der Waals surface area contributed by atoms with Crippen LogP contribution in [0, 0.1) is 27.7 Å². The molecule has 3 aromatic heterocycles. The molecule has 124 valence electrons. The van der Waals surface area contributed by atoms with E-state index in [0.717, 1.165) is 28.5 Å². The number of hydrogen-bond donors (Lipinski definition) is 2. The summed E-state index contributed by atoms with van der Waals surface area (Å²) in [7, 11) is 0. The second-order valence-corrected chi connectivity index (χ2v) is 5.56. The van der Waals surface area contributed by atoms with Crippen molar-refractivity contribution < 1.29 is 4.52 Å². The molecule has 0 atom stereocenters. The van der Waals surface area contributed by atoms with Crippen molar-refractivity contribution in [1.29, 1.82) is 0 Å². The molecule has 0 aliphatic rings. The first-order chi connectivity index (χ1) is 11.4. The largest absolute Gasteiger partial charge is 0.360 e. The van der Waals surface area contributed by atoms with Crippen LogP contribution in [0.1, 0.15) is 28.4 Å². The average Bonchev–Trinajstić information content (AvgIpc) is 3.02. The average molecular weight is 326 g/mol. The highest BCUT2D eigenvalue weighted by molar-refractivity contribution is 5.82. The zero-order valence-corrected chi connectivity index (χ0v) is 13.9. The van der Waals surface area contributed by atoms with Gasteiger partial charge < -0.3 is 4.52 Å². The van der Waals surface area contributed by atoms with Crippen molar-refractivity contribution in [2.45, 2.75) is 27.7 Å². The molecule has 8 nitrogen and oxygen atoms in total.